The van der Waals surface area contributed by atoms with Gasteiger partial charge in [0.2, 0.25) is 5.91 Å². The fourth-order valence-corrected chi connectivity index (χ4v) is 4.47. The van der Waals surface area contributed by atoms with E-state index in [0.717, 1.165) is 29.7 Å². The summed E-state index contributed by atoms with van der Waals surface area (Å²) in [4.78, 5) is 16.5. The van der Waals surface area contributed by atoms with Gasteiger partial charge in [-0.3, -0.25) is 4.79 Å². The van der Waals surface area contributed by atoms with Gasteiger partial charge in [0.15, 0.2) is 0 Å². The first-order chi connectivity index (χ1) is 13.5. The zero-order chi connectivity index (χ0) is 19.9. The van der Waals surface area contributed by atoms with Crippen LogP contribution in [0.5, 0.6) is 0 Å². The van der Waals surface area contributed by atoms with Crippen LogP contribution in [0.15, 0.2) is 48.6 Å². The number of aliphatic hydroxyl groups is 2. The summed E-state index contributed by atoms with van der Waals surface area (Å²) >= 11 is 1.68. The first kappa shape index (κ1) is 20.7. The van der Waals surface area contributed by atoms with E-state index in [0.29, 0.717) is 19.4 Å². The molecule has 0 bridgehead atoms. The number of likely N-dealkylation sites (tertiary alicyclic amines) is 1. The zero-order valence-corrected chi connectivity index (χ0v) is 16.6. The molecular weight excluding hydrogens is 377 g/mol. The SMILES string of the molecule is O=C1CC[C@H](C=C[C@@H](O)Cc2ccc(F)cc2)N1Cc1ccc(CCCO)s1. The monoisotopic (exact) mass is 403 g/mol. The van der Waals surface area contributed by atoms with E-state index >= 15 is 0 Å². The molecule has 0 aliphatic carbocycles. The van der Waals surface area contributed by atoms with Gasteiger partial charge in [-0.2, -0.15) is 0 Å². The Balaban J connectivity index is 1.57. The molecule has 1 fully saturated rings. The average molecular weight is 404 g/mol. The highest BCUT2D eigenvalue weighted by atomic mass is 32.1. The van der Waals surface area contributed by atoms with Gasteiger partial charge >= 0.3 is 0 Å². The van der Waals surface area contributed by atoms with Gasteiger partial charge in [-0.1, -0.05) is 24.3 Å². The van der Waals surface area contributed by atoms with Crippen LogP contribution in [0.1, 0.15) is 34.6 Å². The highest BCUT2D eigenvalue weighted by Gasteiger charge is 2.29. The largest absolute Gasteiger partial charge is 0.396 e. The molecule has 0 spiro atoms. The number of benzene rings is 1. The highest BCUT2D eigenvalue weighted by molar-refractivity contribution is 7.11. The van der Waals surface area contributed by atoms with E-state index in [-0.39, 0.29) is 24.4 Å². The number of rotatable bonds is 9. The molecule has 1 aliphatic rings. The van der Waals surface area contributed by atoms with Crippen LogP contribution in [0.3, 0.4) is 0 Å². The Bertz CT molecular complexity index is 802. The lowest BCUT2D eigenvalue weighted by atomic mass is 10.1. The van der Waals surface area contributed by atoms with Crippen molar-refractivity contribution in [3.63, 3.8) is 0 Å². The number of hydrogen-bond acceptors (Lipinski definition) is 4. The molecule has 2 heterocycles. The fourth-order valence-electron chi connectivity index (χ4n) is 3.41. The summed E-state index contributed by atoms with van der Waals surface area (Å²) in [6.07, 6.45) is 6.27. The molecule has 4 nitrogen and oxygen atoms in total. The number of halogens is 1. The van der Waals surface area contributed by atoms with Crippen LogP contribution in [-0.4, -0.2) is 39.8 Å². The van der Waals surface area contributed by atoms with Gasteiger partial charge in [0.1, 0.15) is 5.82 Å². The maximum absolute atomic E-state index is 13.0. The molecule has 150 valence electrons. The summed E-state index contributed by atoms with van der Waals surface area (Å²) in [5.41, 5.74) is 0.867. The summed E-state index contributed by atoms with van der Waals surface area (Å²) in [6, 6.07) is 10.2. The number of amides is 1. The van der Waals surface area contributed by atoms with Gasteiger partial charge in [-0.05, 0) is 49.1 Å². The third-order valence-electron chi connectivity index (χ3n) is 4.91. The van der Waals surface area contributed by atoms with E-state index < -0.39 is 6.10 Å². The molecule has 0 saturated carbocycles. The Labute approximate surface area is 168 Å². The minimum atomic E-state index is -0.671. The Kier molecular flexibility index (Phi) is 7.36. The Morgan fingerprint density at radius 2 is 1.96 bits per heavy atom. The van der Waals surface area contributed by atoms with Crippen LogP contribution < -0.4 is 0 Å². The van der Waals surface area contributed by atoms with E-state index in [9.17, 15) is 14.3 Å². The van der Waals surface area contributed by atoms with E-state index in [1.165, 1.54) is 17.0 Å². The maximum atomic E-state index is 13.0. The summed E-state index contributed by atoms with van der Waals surface area (Å²) in [5.74, 6) is -0.157. The van der Waals surface area contributed by atoms with Crippen LogP contribution in [-0.2, 0) is 24.2 Å². The van der Waals surface area contributed by atoms with Crippen molar-refractivity contribution in [3.8, 4) is 0 Å². The van der Waals surface area contributed by atoms with Crippen LogP contribution in [0.4, 0.5) is 4.39 Å². The molecule has 28 heavy (non-hydrogen) atoms. The molecule has 0 unspecified atom stereocenters. The van der Waals surface area contributed by atoms with Crippen LogP contribution in [0, 0.1) is 5.82 Å². The molecule has 0 radical (unpaired) electrons. The van der Waals surface area contributed by atoms with Crippen molar-refractivity contribution in [2.75, 3.05) is 6.61 Å². The Morgan fingerprint density at radius 3 is 2.71 bits per heavy atom. The lowest BCUT2D eigenvalue weighted by Gasteiger charge is -2.22. The minimum absolute atomic E-state index is 0.0154. The third kappa shape index (κ3) is 5.74. The molecule has 2 N–H and O–H groups in total. The minimum Gasteiger partial charge on any atom is -0.396 e. The predicted octanol–water partition coefficient (Wildman–Crippen LogP) is 3.46. The fraction of sp³-hybridized carbons (Fsp3) is 0.409. The molecule has 1 saturated heterocycles. The number of aryl methyl sites for hydroxylation is 1. The number of nitrogens with zero attached hydrogens (tertiary/aromatic N) is 1. The summed E-state index contributed by atoms with van der Waals surface area (Å²) in [7, 11) is 0. The van der Waals surface area contributed by atoms with Crippen molar-refractivity contribution in [1.29, 1.82) is 0 Å². The summed E-state index contributed by atoms with van der Waals surface area (Å²) in [5, 5.41) is 19.2. The summed E-state index contributed by atoms with van der Waals surface area (Å²) < 4.78 is 13.0. The van der Waals surface area contributed by atoms with Gasteiger partial charge in [0.05, 0.1) is 18.7 Å². The molecule has 1 aromatic carbocycles. The normalized spacial score (nSPS) is 18.3. The first-order valence-electron chi connectivity index (χ1n) is 9.64. The van der Waals surface area contributed by atoms with Gasteiger partial charge < -0.3 is 15.1 Å². The molecule has 6 heteroatoms. The van der Waals surface area contributed by atoms with Gasteiger partial charge in [-0.15, -0.1) is 11.3 Å². The van der Waals surface area contributed by atoms with E-state index in [1.54, 1.807) is 29.5 Å². The number of hydrogen-bond donors (Lipinski definition) is 2. The molecular formula is C22H26FNO3S. The molecule has 2 aromatic rings. The number of carbonyl (C=O) groups is 1. The van der Waals surface area contributed by atoms with Gasteiger partial charge in [-0.25, -0.2) is 4.39 Å². The van der Waals surface area contributed by atoms with Crippen molar-refractivity contribution in [1.82, 2.24) is 4.90 Å². The lowest BCUT2D eigenvalue weighted by Crippen LogP contribution is -2.31. The second-order valence-electron chi connectivity index (χ2n) is 7.11. The van der Waals surface area contributed by atoms with E-state index in [4.69, 9.17) is 5.11 Å². The Morgan fingerprint density at radius 1 is 1.21 bits per heavy atom. The topological polar surface area (TPSA) is 60.8 Å². The van der Waals surface area contributed by atoms with Crippen LogP contribution in [0.2, 0.25) is 0 Å². The highest BCUT2D eigenvalue weighted by Crippen LogP contribution is 2.26. The molecule has 1 aliphatic heterocycles. The quantitative estimate of drug-likeness (QED) is 0.631. The average Bonchev–Trinajstić information content (AvgIpc) is 3.28. The number of thiophene rings is 1. The van der Waals surface area contributed by atoms with Crippen LogP contribution in [0.25, 0.3) is 0 Å². The summed E-state index contributed by atoms with van der Waals surface area (Å²) in [6.45, 7) is 0.761. The number of aliphatic hydroxyl groups excluding tert-OH is 2. The first-order valence-corrected chi connectivity index (χ1v) is 10.5. The molecule has 2 atom stereocenters. The lowest BCUT2D eigenvalue weighted by molar-refractivity contribution is -0.128. The van der Waals surface area contributed by atoms with E-state index in [1.807, 2.05) is 17.0 Å². The van der Waals surface area contributed by atoms with Crippen molar-refractivity contribution >= 4 is 17.2 Å². The predicted molar refractivity (Wildman–Crippen MR) is 109 cm³/mol. The van der Waals surface area contributed by atoms with E-state index in [2.05, 4.69) is 6.07 Å². The number of carbonyl (C=O) groups excluding carboxylic acids is 1. The van der Waals surface area contributed by atoms with Crippen molar-refractivity contribution in [2.45, 2.75) is 50.8 Å². The third-order valence-corrected chi connectivity index (χ3v) is 6.04. The maximum Gasteiger partial charge on any atom is 0.223 e. The van der Waals surface area contributed by atoms with Crippen LogP contribution >= 0.6 is 11.3 Å². The van der Waals surface area contributed by atoms with Crippen molar-refractivity contribution in [2.24, 2.45) is 0 Å². The van der Waals surface area contributed by atoms with Crippen molar-refractivity contribution in [3.05, 3.63) is 69.7 Å². The molecule has 3 rings (SSSR count). The smallest absolute Gasteiger partial charge is 0.223 e. The standard InChI is InChI=1S/C22H26FNO3S/c23-17-5-3-16(4-6-17)14-19(26)9-7-18-8-12-22(27)24(18)15-21-11-10-20(28-21)2-1-13-25/h3-7,9-11,18-19,25-26H,1-2,8,12-15H2/t18-,19+/m0/s1. The zero-order valence-electron chi connectivity index (χ0n) is 15.8. The second-order valence-corrected chi connectivity index (χ2v) is 8.36. The second kappa shape index (κ2) is 9.96. The molecule has 1 aromatic heterocycles. The van der Waals surface area contributed by atoms with Crippen molar-refractivity contribution < 1.29 is 19.4 Å². The molecule has 1 amide bonds. The van der Waals surface area contributed by atoms with Gasteiger partial charge in [0, 0.05) is 29.2 Å². The Hall–Kier alpha value is -2.02. The van der Waals surface area contributed by atoms with Gasteiger partial charge in [0.25, 0.3) is 0 Å².